The summed E-state index contributed by atoms with van der Waals surface area (Å²) in [5.41, 5.74) is 2.25. The van der Waals surface area contributed by atoms with Gasteiger partial charge in [-0.25, -0.2) is 4.98 Å². The number of imidazole rings is 1. The van der Waals surface area contributed by atoms with Crippen molar-refractivity contribution in [1.82, 2.24) is 9.55 Å². The number of hydrogen-bond acceptors (Lipinski definition) is 2. The van der Waals surface area contributed by atoms with Crippen LogP contribution in [0.5, 0.6) is 0 Å². The van der Waals surface area contributed by atoms with Crippen molar-refractivity contribution in [2.45, 2.75) is 31.1 Å². The number of benzene rings is 1. The van der Waals surface area contributed by atoms with Crippen LogP contribution >= 0.6 is 0 Å². The average molecular weight is 251 g/mol. The maximum absolute atomic E-state index is 9.68. The first-order chi connectivity index (χ1) is 9.25. The van der Waals surface area contributed by atoms with Crippen molar-refractivity contribution < 1.29 is 0 Å². The van der Waals surface area contributed by atoms with Crippen LogP contribution in [0.3, 0.4) is 0 Å². The Bertz CT molecular complexity index is 635. The molecular weight excluding hydrogens is 234 g/mol. The Morgan fingerprint density at radius 3 is 3.00 bits per heavy atom. The molecule has 3 heteroatoms. The van der Waals surface area contributed by atoms with E-state index in [-0.39, 0.29) is 5.41 Å². The predicted octanol–water partition coefficient (Wildman–Crippen LogP) is 2.76. The predicted molar refractivity (Wildman–Crippen MR) is 73.6 cm³/mol. The summed E-state index contributed by atoms with van der Waals surface area (Å²) in [6.45, 7) is 0. The summed E-state index contributed by atoms with van der Waals surface area (Å²) < 4.78 is 2.03. The van der Waals surface area contributed by atoms with E-state index >= 15 is 0 Å². The molecule has 96 valence electrons. The van der Waals surface area contributed by atoms with Crippen LogP contribution in [0.4, 0.5) is 0 Å². The second-order valence-electron chi connectivity index (χ2n) is 5.31. The fourth-order valence-electron chi connectivity index (χ4n) is 3.08. The van der Waals surface area contributed by atoms with Gasteiger partial charge in [0.15, 0.2) is 0 Å². The Balaban J connectivity index is 1.86. The Hall–Kier alpha value is -2.08. The van der Waals surface area contributed by atoms with Gasteiger partial charge in [-0.1, -0.05) is 24.3 Å². The van der Waals surface area contributed by atoms with Gasteiger partial charge in [-0.2, -0.15) is 5.26 Å². The highest BCUT2D eigenvalue weighted by Gasteiger charge is 2.38. The Morgan fingerprint density at radius 1 is 1.42 bits per heavy atom. The third kappa shape index (κ3) is 1.94. The number of nitrogens with zero attached hydrogens (tertiary/aromatic N) is 3. The molecule has 1 aromatic carbocycles. The molecule has 0 radical (unpaired) electrons. The Labute approximate surface area is 113 Å². The molecule has 1 aromatic heterocycles. The molecule has 0 spiro atoms. The minimum atomic E-state index is -0.317. The van der Waals surface area contributed by atoms with Crippen molar-refractivity contribution >= 4 is 0 Å². The van der Waals surface area contributed by atoms with E-state index in [2.05, 4.69) is 29.3 Å². The van der Waals surface area contributed by atoms with Crippen molar-refractivity contribution in [1.29, 1.82) is 5.26 Å². The SMILES string of the molecule is Cn1ccnc1CCC1(C#N)CCc2ccccc21. The van der Waals surface area contributed by atoms with Gasteiger partial charge < -0.3 is 4.57 Å². The molecule has 1 aliphatic carbocycles. The zero-order valence-electron chi connectivity index (χ0n) is 11.1. The van der Waals surface area contributed by atoms with Crippen LogP contribution in [0.1, 0.15) is 29.8 Å². The quantitative estimate of drug-likeness (QED) is 0.841. The largest absolute Gasteiger partial charge is 0.338 e. The lowest BCUT2D eigenvalue weighted by molar-refractivity contribution is 0.489. The summed E-state index contributed by atoms with van der Waals surface area (Å²) in [4.78, 5) is 4.35. The van der Waals surface area contributed by atoms with Crippen LogP contribution in [0.15, 0.2) is 36.7 Å². The van der Waals surface area contributed by atoms with Crippen LogP contribution in [0, 0.1) is 11.3 Å². The van der Waals surface area contributed by atoms with Gasteiger partial charge in [0.05, 0.1) is 11.5 Å². The number of aryl methyl sites for hydroxylation is 3. The van der Waals surface area contributed by atoms with Gasteiger partial charge in [0.1, 0.15) is 5.82 Å². The number of hydrogen-bond donors (Lipinski definition) is 0. The highest BCUT2D eigenvalue weighted by molar-refractivity contribution is 5.44. The maximum atomic E-state index is 9.68. The monoisotopic (exact) mass is 251 g/mol. The number of nitriles is 1. The summed E-state index contributed by atoms with van der Waals surface area (Å²) in [5.74, 6) is 1.05. The summed E-state index contributed by atoms with van der Waals surface area (Å²) in [5, 5.41) is 9.68. The van der Waals surface area contributed by atoms with E-state index in [1.807, 2.05) is 30.1 Å². The molecule has 0 N–H and O–H groups in total. The second-order valence-corrected chi connectivity index (χ2v) is 5.31. The Morgan fingerprint density at radius 2 is 2.26 bits per heavy atom. The van der Waals surface area contributed by atoms with Crippen molar-refractivity contribution in [2.24, 2.45) is 7.05 Å². The van der Waals surface area contributed by atoms with Gasteiger partial charge in [0, 0.05) is 25.9 Å². The molecule has 3 nitrogen and oxygen atoms in total. The fourth-order valence-corrected chi connectivity index (χ4v) is 3.08. The molecule has 0 fully saturated rings. The smallest absolute Gasteiger partial charge is 0.108 e. The minimum Gasteiger partial charge on any atom is -0.338 e. The standard InChI is InChI=1S/C16H17N3/c1-19-11-10-18-15(19)7-9-16(12-17)8-6-13-4-2-3-5-14(13)16/h2-5,10-11H,6-9H2,1H3. The number of rotatable bonds is 3. The van der Waals surface area contributed by atoms with E-state index in [9.17, 15) is 5.26 Å². The van der Waals surface area contributed by atoms with Crippen LogP contribution in [-0.4, -0.2) is 9.55 Å². The first kappa shape index (κ1) is 12.0. The van der Waals surface area contributed by atoms with E-state index in [4.69, 9.17) is 0 Å². The molecule has 1 atom stereocenters. The molecule has 3 rings (SSSR count). The van der Waals surface area contributed by atoms with Crippen molar-refractivity contribution in [3.05, 3.63) is 53.6 Å². The summed E-state index contributed by atoms with van der Waals surface area (Å²) in [6, 6.07) is 10.9. The van der Waals surface area contributed by atoms with E-state index < -0.39 is 0 Å². The highest BCUT2D eigenvalue weighted by atomic mass is 15.0. The molecule has 1 aliphatic rings. The molecule has 1 unspecified atom stereocenters. The average Bonchev–Trinajstić information content (AvgIpc) is 3.01. The number of fused-ring (bicyclic) bond motifs is 1. The lowest BCUT2D eigenvalue weighted by Crippen LogP contribution is -2.22. The maximum Gasteiger partial charge on any atom is 0.108 e. The first-order valence-corrected chi connectivity index (χ1v) is 6.71. The van der Waals surface area contributed by atoms with Crippen LogP contribution in [0.2, 0.25) is 0 Å². The normalized spacial score (nSPS) is 21.1. The summed E-state index contributed by atoms with van der Waals surface area (Å²) >= 11 is 0. The number of aromatic nitrogens is 2. The van der Waals surface area contributed by atoms with Crippen molar-refractivity contribution in [3.63, 3.8) is 0 Å². The van der Waals surface area contributed by atoms with Gasteiger partial charge >= 0.3 is 0 Å². The zero-order chi connectivity index (χ0) is 13.3. The zero-order valence-corrected chi connectivity index (χ0v) is 11.1. The lowest BCUT2D eigenvalue weighted by Gasteiger charge is -2.22. The molecule has 0 amide bonds. The lowest BCUT2D eigenvalue weighted by atomic mass is 9.79. The highest BCUT2D eigenvalue weighted by Crippen LogP contribution is 2.41. The third-order valence-corrected chi connectivity index (χ3v) is 4.26. The first-order valence-electron chi connectivity index (χ1n) is 6.71. The fraction of sp³-hybridized carbons (Fsp3) is 0.375. The summed E-state index contributed by atoms with van der Waals surface area (Å²) in [7, 11) is 2.00. The second kappa shape index (κ2) is 4.55. The topological polar surface area (TPSA) is 41.6 Å². The van der Waals surface area contributed by atoms with Gasteiger partial charge in [-0.3, -0.25) is 0 Å². The Kier molecular flexibility index (Phi) is 2.87. The molecule has 0 saturated carbocycles. The van der Waals surface area contributed by atoms with Gasteiger partial charge in [-0.05, 0) is 30.4 Å². The van der Waals surface area contributed by atoms with Crippen LogP contribution < -0.4 is 0 Å². The van der Waals surface area contributed by atoms with Crippen LogP contribution in [-0.2, 0) is 25.3 Å². The molecular formula is C16H17N3. The van der Waals surface area contributed by atoms with Crippen molar-refractivity contribution in [2.75, 3.05) is 0 Å². The third-order valence-electron chi connectivity index (χ3n) is 4.26. The van der Waals surface area contributed by atoms with E-state index in [0.29, 0.717) is 0 Å². The molecule has 0 aliphatic heterocycles. The molecule has 2 aromatic rings. The molecule has 0 bridgehead atoms. The molecule has 1 heterocycles. The van der Waals surface area contributed by atoms with Gasteiger partial charge in [0.2, 0.25) is 0 Å². The van der Waals surface area contributed by atoms with Crippen molar-refractivity contribution in [3.8, 4) is 6.07 Å². The molecule has 0 saturated heterocycles. The van der Waals surface area contributed by atoms with E-state index in [1.54, 1.807) is 0 Å². The van der Waals surface area contributed by atoms with E-state index in [0.717, 1.165) is 31.5 Å². The van der Waals surface area contributed by atoms with Crippen LogP contribution in [0.25, 0.3) is 0 Å². The molecule has 19 heavy (non-hydrogen) atoms. The minimum absolute atomic E-state index is 0.317. The summed E-state index contributed by atoms with van der Waals surface area (Å²) in [6.07, 6.45) is 7.43. The van der Waals surface area contributed by atoms with Gasteiger partial charge in [0.25, 0.3) is 0 Å². The van der Waals surface area contributed by atoms with Gasteiger partial charge in [-0.15, -0.1) is 0 Å². The van der Waals surface area contributed by atoms with E-state index in [1.165, 1.54) is 11.1 Å².